The monoisotopic (exact) mass is 226 g/mol. The molecule has 0 radical (unpaired) electrons. The van der Waals surface area contributed by atoms with Gasteiger partial charge in [0, 0.05) is 10.9 Å². The van der Waals surface area contributed by atoms with Gasteiger partial charge >= 0.3 is 0 Å². The average Bonchev–Trinajstić information content (AvgIpc) is 2.54. The van der Waals surface area contributed by atoms with E-state index in [1.807, 2.05) is 11.4 Å². The number of carbonyl (C=O) groups excluding carboxylic acids is 1. The summed E-state index contributed by atoms with van der Waals surface area (Å²) in [6.45, 7) is 6.65. The summed E-state index contributed by atoms with van der Waals surface area (Å²) in [6.07, 6.45) is 0. The van der Waals surface area contributed by atoms with Crippen LogP contribution in [-0.2, 0) is 4.79 Å². The Morgan fingerprint density at radius 2 is 2.27 bits per heavy atom. The van der Waals surface area contributed by atoms with Crippen LogP contribution in [0.5, 0.6) is 0 Å². The van der Waals surface area contributed by atoms with Gasteiger partial charge < -0.3 is 11.1 Å². The molecule has 0 bridgehead atoms. The average molecular weight is 226 g/mol. The van der Waals surface area contributed by atoms with E-state index in [1.54, 1.807) is 11.3 Å². The second-order valence-corrected chi connectivity index (χ2v) is 5.64. The van der Waals surface area contributed by atoms with E-state index < -0.39 is 0 Å². The SMILES string of the molecule is CC(C)(C)C(NCC(N)=O)c1cccs1. The molecule has 0 aromatic carbocycles. The summed E-state index contributed by atoms with van der Waals surface area (Å²) in [5.74, 6) is -0.319. The molecule has 84 valence electrons. The summed E-state index contributed by atoms with van der Waals surface area (Å²) in [4.78, 5) is 12.0. The molecule has 0 aliphatic heterocycles. The molecular formula is C11H18N2OS. The summed E-state index contributed by atoms with van der Waals surface area (Å²) >= 11 is 1.69. The second-order valence-electron chi connectivity index (χ2n) is 4.66. The number of hydrogen-bond donors (Lipinski definition) is 2. The van der Waals surface area contributed by atoms with E-state index in [1.165, 1.54) is 4.88 Å². The van der Waals surface area contributed by atoms with Crippen molar-refractivity contribution < 1.29 is 4.79 Å². The quantitative estimate of drug-likeness (QED) is 0.824. The lowest BCUT2D eigenvalue weighted by Gasteiger charge is -2.30. The summed E-state index contributed by atoms with van der Waals surface area (Å²) < 4.78 is 0. The largest absolute Gasteiger partial charge is 0.369 e. The molecule has 0 saturated carbocycles. The zero-order chi connectivity index (χ0) is 11.5. The van der Waals surface area contributed by atoms with Crippen molar-refractivity contribution in [2.75, 3.05) is 6.54 Å². The molecule has 15 heavy (non-hydrogen) atoms. The predicted molar refractivity (Wildman–Crippen MR) is 63.7 cm³/mol. The fourth-order valence-corrected chi connectivity index (χ4v) is 2.54. The van der Waals surface area contributed by atoms with Crippen molar-refractivity contribution >= 4 is 17.2 Å². The van der Waals surface area contributed by atoms with E-state index in [9.17, 15) is 4.79 Å². The molecule has 4 heteroatoms. The van der Waals surface area contributed by atoms with Crippen molar-refractivity contribution in [3.05, 3.63) is 22.4 Å². The molecule has 3 nitrogen and oxygen atoms in total. The topological polar surface area (TPSA) is 55.1 Å². The molecule has 0 fully saturated rings. The fraction of sp³-hybridized carbons (Fsp3) is 0.545. The van der Waals surface area contributed by atoms with Gasteiger partial charge in [0.25, 0.3) is 0 Å². The van der Waals surface area contributed by atoms with Gasteiger partial charge in [-0.05, 0) is 16.9 Å². The molecule has 1 aromatic heterocycles. The first kappa shape index (κ1) is 12.2. The molecule has 1 unspecified atom stereocenters. The minimum absolute atomic E-state index is 0.0697. The highest BCUT2D eigenvalue weighted by atomic mass is 32.1. The Labute approximate surface area is 94.7 Å². The minimum atomic E-state index is -0.319. The number of nitrogens with one attached hydrogen (secondary N) is 1. The van der Waals surface area contributed by atoms with Crippen LogP contribution in [0.25, 0.3) is 0 Å². The van der Waals surface area contributed by atoms with Crippen molar-refractivity contribution in [2.24, 2.45) is 11.1 Å². The van der Waals surface area contributed by atoms with E-state index in [2.05, 4.69) is 32.2 Å². The minimum Gasteiger partial charge on any atom is -0.369 e. The molecule has 0 aliphatic rings. The highest BCUT2D eigenvalue weighted by Crippen LogP contribution is 2.34. The van der Waals surface area contributed by atoms with Crippen molar-refractivity contribution in [1.82, 2.24) is 5.32 Å². The van der Waals surface area contributed by atoms with Gasteiger partial charge in [-0.1, -0.05) is 26.8 Å². The van der Waals surface area contributed by atoms with E-state index in [-0.39, 0.29) is 23.9 Å². The molecular weight excluding hydrogens is 208 g/mol. The highest BCUT2D eigenvalue weighted by molar-refractivity contribution is 7.10. The predicted octanol–water partition coefficient (Wildman–Crippen LogP) is 1.91. The Hall–Kier alpha value is -0.870. The molecule has 0 spiro atoms. The third-order valence-electron chi connectivity index (χ3n) is 2.17. The maximum Gasteiger partial charge on any atom is 0.231 e. The lowest BCUT2D eigenvalue weighted by Crippen LogP contribution is -2.37. The summed E-state index contributed by atoms with van der Waals surface area (Å²) in [5.41, 5.74) is 5.21. The molecule has 1 rings (SSSR count). The van der Waals surface area contributed by atoms with Crippen LogP contribution in [0.3, 0.4) is 0 Å². The van der Waals surface area contributed by atoms with Crippen LogP contribution in [0.1, 0.15) is 31.7 Å². The number of thiophene rings is 1. The van der Waals surface area contributed by atoms with Gasteiger partial charge in [0.05, 0.1) is 6.54 Å². The van der Waals surface area contributed by atoms with E-state index in [0.717, 1.165) is 0 Å². The van der Waals surface area contributed by atoms with E-state index in [0.29, 0.717) is 0 Å². The van der Waals surface area contributed by atoms with Gasteiger partial charge in [0.15, 0.2) is 0 Å². The standard InChI is InChI=1S/C11H18N2OS/c1-11(2,3)10(13-7-9(12)14)8-5-4-6-15-8/h4-6,10,13H,7H2,1-3H3,(H2,12,14). The maximum absolute atomic E-state index is 10.8. The number of rotatable bonds is 4. The number of hydrogen-bond acceptors (Lipinski definition) is 3. The maximum atomic E-state index is 10.8. The molecule has 0 aliphatic carbocycles. The third kappa shape index (κ3) is 3.64. The normalized spacial score (nSPS) is 13.8. The highest BCUT2D eigenvalue weighted by Gasteiger charge is 2.26. The summed E-state index contributed by atoms with van der Waals surface area (Å²) in [5, 5.41) is 5.24. The van der Waals surface area contributed by atoms with Crippen molar-refractivity contribution in [3.8, 4) is 0 Å². The third-order valence-corrected chi connectivity index (χ3v) is 3.11. The molecule has 3 N–H and O–H groups in total. The van der Waals surface area contributed by atoms with Gasteiger partial charge in [0.1, 0.15) is 0 Å². The van der Waals surface area contributed by atoms with E-state index >= 15 is 0 Å². The smallest absolute Gasteiger partial charge is 0.231 e. The fourth-order valence-electron chi connectivity index (χ4n) is 1.49. The Balaban J connectivity index is 2.76. The molecule has 1 heterocycles. The van der Waals surface area contributed by atoms with E-state index in [4.69, 9.17) is 5.73 Å². The first-order valence-electron chi connectivity index (χ1n) is 4.96. The lowest BCUT2D eigenvalue weighted by atomic mass is 9.86. The van der Waals surface area contributed by atoms with Crippen molar-refractivity contribution in [1.29, 1.82) is 0 Å². The molecule has 1 aromatic rings. The Morgan fingerprint density at radius 1 is 1.60 bits per heavy atom. The van der Waals surface area contributed by atoms with Gasteiger partial charge in [-0.25, -0.2) is 0 Å². The van der Waals surface area contributed by atoms with Crippen molar-refractivity contribution in [2.45, 2.75) is 26.8 Å². The summed E-state index contributed by atoms with van der Waals surface area (Å²) in [7, 11) is 0. The van der Waals surface area contributed by atoms with Gasteiger partial charge in [-0.3, -0.25) is 4.79 Å². The number of amides is 1. The first-order valence-corrected chi connectivity index (χ1v) is 5.84. The van der Waals surface area contributed by atoms with Gasteiger partial charge in [-0.15, -0.1) is 11.3 Å². The zero-order valence-electron chi connectivity index (χ0n) is 9.41. The van der Waals surface area contributed by atoms with Crippen LogP contribution < -0.4 is 11.1 Å². The van der Waals surface area contributed by atoms with Crippen molar-refractivity contribution in [3.63, 3.8) is 0 Å². The van der Waals surface area contributed by atoms with Crippen LogP contribution in [0, 0.1) is 5.41 Å². The van der Waals surface area contributed by atoms with Crippen LogP contribution in [0.2, 0.25) is 0 Å². The van der Waals surface area contributed by atoms with Gasteiger partial charge in [0.2, 0.25) is 5.91 Å². The lowest BCUT2D eigenvalue weighted by molar-refractivity contribution is -0.117. The molecule has 1 atom stereocenters. The van der Waals surface area contributed by atoms with Gasteiger partial charge in [-0.2, -0.15) is 0 Å². The molecule has 1 amide bonds. The van der Waals surface area contributed by atoms with Crippen LogP contribution in [0.4, 0.5) is 0 Å². The zero-order valence-corrected chi connectivity index (χ0v) is 10.2. The summed E-state index contributed by atoms with van der Waals surface area (Å²) in [6, 6.07) is 4.27. The van der Waals surface area contributed by atoms with Crippen LogP contribution in [-0.4, -0.2) is 12.5 Å². The second kappa shape index (κ2) is 4.77. The van der Waals surface area contributed by atoms with Crippen LogP contribution >= 0.6 is 11.3 Å². The number of nitrogens with two attached hydrogens (primary N) is 1. The first-order chi connectivity index (χ1) is 6.91. The van der Waals surface area contributed by atoms with Crippen LogP contribution in [0.15, 0.2) is 17.5 Å². The Bertz CT molecular complexity index is 314. The number of carbonyl (C=O) groups is 1. The number of primary amides is 1. The Morgan fingerprint density at radius 3 is 2.67 bits per heavy atom. The molecule has 0 saturated heterocycles. The Kier molecular flexibility index (Phi) is 3.88.